The van der Waals surface area contributed by atoms with Gasteiger partial charge in [-0.2, -0.15) is 0 Å². The number of carbonyl (C=O) groups is 2. The molecule has 1 saturated carbocycles. The molecular weight excluding hydrogens is 525 g/mol. The third kappa shape index (κ3) is 6.71. The predicted octanol–water partition coefficient (Wildman–Crippen LogP) is 5.40. The van der Waals surface area contributed by atoms with Gasteiger partial charge in [0.1, 0.15) is 0 Å². The monoisotopic (exact) mass is 551 g/mol. The minimum Gasteiger partial charge on any atom is -0.465 e. The van der Waals surface area contributed by atoms with E-state index in [4.69, 9.17) is 9.47 Å². The zero-order valence-corrected chi connectivity index (χ0v) is 19.6. The largest absolute Gasteiger partial charge is 0.465 e. The van der Waals surface area contributed by atoms with Crippen molar-refractivity contribution in [2.24, 2.45) is 11.8 Å². The number of hydrogen-bond donors (Lipinski definition) is 1. The number of halogens is 2. The number of ether oxygens (including phenoxy) is 2. The average Bonchev–Trinajstić information content (AvgIpc) is 2.67. The van der Waals surface area contributed by atoms with Crippen molar-refractivity contribution in [2.45, 2.75) is 45.4 Å². The van der Waals surface area contributed by atoms with Gasteiger partial charge in [0, 0.05) is 27.2 Å². The fraction of sp³-hybridized carbons (Fsp3) is 0.600. The van der Waals surface area contributed by atoms with Crippen molar-refractivity contribution in [1.82, 2.24) is 0 Å². The van der Waals surface area contributed by atoms with Gasteiger partial charge in [0.25, 0.3) is 0 Å². The van der Waals surface area contributed by atoms with Crippen molar-refractivity contribution >= 4 is 56.1 Å². The van der Waals surface area contributed by atoms with Crippen molar-refractivity contribution in [1.29, 1.82) is 0 Å². The fourth-order valence-corrected chi connectivity index (χ4v) is 4.77. The highest BCUT2D eigenvalue weighted by atomic mass is 127. The molecule has 1 aromatic carbocycles. The SMILES string of the molecule is CCCCOCC1CCC(C(=O)Nc2cc(C(=O)OC)c(Br)cc2I)CC1. The summed E-state index contributed by atoms with van der Waals surface area (Å²) in [5.41, 5.74) is 1.05. The van der Waals surface area contributed by atoms with Gasteiger partial charge in [0.2, 0.25) is 5.91 Å². The zero-order valence-electron chi connectivity index (χ0n) is 15.9. The third-order valence-corrected chi connectivity index (χ3v) is 6.48. The van der Waals surface area contributed by atoms with Gasteiger partial charge >= 0.3 is 5.97 Å². The summed E-state index contributed by atoms with van der Waals surface area (Å²) in [4.78, 5) is 24.6. The summed E-state index contributed by atoms with van der Waals surface area (Å²) in [7, 11) is 1.34. The molecule has 0 aromatic heterocycles. The van der Waals surface area contributed by atoms with E-state index in [0.717, 1.165) is 55.3 Å². The molecule has 1 aromatic rings. The molecule has 0 aliphatic heterocycles. The topological polar surface area (TPSA) is 64.6 Å². The summed E-state index contributed by atoms with van der Waals surface area (Å²) in [6, 6.07) is 3.48. The van der Waals surface area contributed by atoms with Gasteiger partial charge < -0.3 is 14.8 Å². The van der Waals surface area contributed by atoms with E-state index in [9.17, 15) is 9.59 Å². The summed E-state index contributed by atoms with van der Waals surface area (Å²) in [5, 5.41) is 2.99. The van der Waals surface area contributed by atoms with E-state index in [1.165, 1.54) is 7.11 Å². The lowest BCUT2D eigenvalue weighted by Gasteiger charge is -2.27. The molecule has 1 amide bonds. The van der Waals surface area contributed by atoms with Gasteiger partial charge in [-0.05, 0) is 88.7 Å². The Morgan fingerprint density at radius 1 is 1.26 bits per heavy atom. The Kier molecular flexibility index (Phi) is 9.52. The van der Waals surface area contributed by atoms with E-state index in [1.54, 1.807) is 6.07 Å². The standard InChI is InChI=1S/C20H27BrINO4/c1-3-4-9-27-12-13-5-7-14(8-6-13)19(24)23-18-10-15(20(25)26-2)16(21)11-17(18)22/h10-11,13-14H,3-9,12H2,1-2H3,(H,23,24). The number of hydrogen-bond acceptors (Lipinski definition) is 4. The Bertz CT molecular complexity index is 660. The lowest BCUT2D eigenvalue weighted by molar-refractivity contribution is -0.121. The first kappa shape index (κ1) is 22.6. The normalized spacial score (nSPS) is 19.6. The number of rotatable bonds is 8. The van der Waals surface area contributed by atoms with Crippen LogP contribution >= 0.6 is 38.5 Å². The van der Waals surface area contributed by atoms with Crippen LogP contribution in [0.4, 0.5) is 5.69 Å². The number of unbranched alkanes of at least 4 members (excludes halogenated alkanes) is 1. The van der Waals surface area contributed by atoms with Crippen molar-refractivity contribution < 1.29 is 19.1 Å². The first-order valence-corrected chi connectivity index (χ1v) is 11.3. The Morgan fingerprint density at radius 2 is 1.96 bits per heavy atom. The van der Waals surface area contributed by atoms with Crippen LogP contribution in [0.2, 0.25) is 0 Å². The smallest absolute Gasteiger partial charge is 0.339 e. The van der Waals surface area contributed by atoms with Crippen molar-refractivity contribution in [3.63, 3.8) is 0 Å². The van der Waals surface area contributed by atoms with Crippen LogP contribution in [0.15, 0.2) is 16.6 Å². The molecule has 7 heteroatoms. The summed E-state index contributed by atoms with van der Waals surface area (Å²) in [6.07, 6.45) is 6.07. The highest BCUT2D eigenvalue weighted by molar-refractivity contribution is 14.1. The van der Waals surface area contributed by atoms with Crippen LogP contribution < -0.4 is 5.32 Å². The predicted molar refractivity (Wildman–Crippen MR) is 118 cm³/mol. The molecule has 0 saturated heterocycles. The maximum absolute atomic E-state index is 12.7. The molecule has 1 fully saturated rings. The van der Waals surface area contributed by atoms with E-state index in [-0.39, 0.29) is 11.8 Å². The molecule has 0 spiro atoms. The fourth-order valence-electron chi connectivity index (χ4n) is 3.23. The van der Waals surface area contributed by atoms with Crippen LogP contribution in [0.3, 0.4) is 0 Å². The second-order valence-electron chi connectivity index (χ2n) is 6.94. The lowest BCUT2D eigenvalue weighted by atomic mass is 9.82. The third-order valence-electron chi connectivity index (χ3n) is 4.93. The molecule has 0 bridgehead atoms. The molecule has 0 radical (unpaired) electrons. The van der Waals surface area contributed by atoms with Crippen LogP contribution in [-0.4, -0.2) is 32.2 Å². The van der Waals surface area contributed by atoms with Crippen molar-refractivity contribution in [2.75, 3.05) is 25.6 Å². The first-order chi connectivity index (χ1) is 13.0. The molecule has 1 aliphatic rings. The molecular formula is C20H27BrINO4. The van der Waals surface area contributed by atoms with Gasteiger partial charge in [-0.1, -0.05) is 13.3 Å². The highest BCUT2D eigenvalue weighted by Crippen LogP contribution is 2.32. The summed E-state index contributed by atoms with van der Waals surface area (Å²) >= 11 is 5.53. The van der Waals surface area contributed by atoms with Crippen LogP contribution in [0.1, 0.15) is 55.8 Å². The molecule has 1 N–H and O–H groups in total. The van der Waals surface area contributed by atoms with E-state index < -0.39 is 5.97 Å². The molecule has 5 nitrogen and oxygen atoms in total. The molecule has 2 rings (SSSR count). The number of amides is 1. The average molecular weight is 552 g/mol. The Balaban J connectivity index is 1.90. The van der Waals surface area contributed by atoms with Gasteiger partial charge in [-0.25, -0.2) is 4.79 Å². The molecule has 150 valence electrons. The second-order valence-corrected chi connectivity index (χ2v) is 8.96. The van der Waals surface area contributed by atoms with Crippen molar-refractivity contribution in [3.8, 4) is 0 Å². The number of carbonyl (C=O) groups excluding carboxylic acids is 2. The number of anilines is 1. The molecule has 0 unspecified atom stereocenters. The maximum atomic E-state index is 12.7. The van der Waals surface area contributed by atoms with Crippen LogP contribution in [-0.2, 0) is 14.3 Å². The number of esters is 1. The highest BCUT2D eigenvalue weighted by Gasteiger charge is 2.27. The minimum atomic E-state index is -0.433. The Morgan fingerprint density at radius 3 is 2.59 bits per heavy atom. The van der Waals surface area contributed by atoms with Gasteiger partial charge in [0.05, 0.1) is 18.4 Å². The van der Waals surface area contributed by atoms with E-state index >= 15 is 0 Å². The molecule has 27 heavy (non-hydrogen) atoms. The van der Waals surface area contributed by atoms with Crippen LogP contribution in [0, 0.1) is 15.4 Å². The minimum absolute atomic E-state index is 0.0120. The van der Waals surface area contributed by atoms with Gasteiger partial charge in [0.15, 0.2) is 0 Å². The first-order valence-electron chi connectivity index (χ1n) is 9.42. The Labute approximate surface area is 183 Å². The maximum Gasteiger partial charge on any atom is 0.339 e. The second kappa shape index (κ2) is 11.4. The van der Waals surface area contributed by atoms with Gasteiger partial charge in [-0.15, -0.1) is 0 Å². The molecule has 1 aliphatic carbocycles. The quantitative estimate of drug-likeness (QED) is 0.267. The van der Waals surface area contributed by atoms with Crippen molar-refractivity contribution in [3.05, 3.63) is 25.7 Å². The number of methoxy groups -OCH3 is 1. The summed E-state index contributed by atoms with van der Waals surface area (Å²) < 4.78 is 12.1. The lowest BCUT2D eigenvalue weighted by Crippen LogP contribution is -2.29. The summed E-state index contributed by atoms with van der Waals surface area (Å²) in [5.74, 6) is 0.163. The number of nitrogens with one attached hydrogen (secondary N) is 1. The van der Waals surface area contributed by atoms with Crippen LogP contribution in [0.25, 0.3) is 0 Å². The molecule has 0 atom stereocenters. The van der Waals surface area contributed by atoms with E-state index in [2.05, 4.69) is 50.8 Å². The van der Waals surface area contributed by atoms with E-state index in [1.807, 2.05) is 6.07 Å². The Hall–Kier alpha value is -0.670. The summed E-state index contributed by atoms with van der Waals surface area (Å²) in [6.45, 7) is 3.80. The van der Waals surface area contributed by atoms with E-state index in [0.29, 0.717) is 21.6 Å². The van der Waals surface area contributed by atoms with Crippen LogP contribution in [0.5, 0.6) is 0 Å². The molecule has 0 heterocycles. The van der Waals surface area contributed by atoms with Gasteiger partial charge in [-0.3, -0.25) is 4.79 Å². The zero-order chi connectivity index (χ0) is 19.8. The number of benzene rings is 1.